The van der Waals surface area contributed by atoms with Gasteiger partial charge in [-0.05, 0) is 48.9 Å². The molecule has 0 spiro atoms. The fourth-order valence-corrected chi connectivity index (χ4v) is 3.81. The SMILES string of the molecule is CC(c1ccc(-n2cnc3ccccc32)cc1)N(C)C(=O)Nc1ccc2c(c1)OCCO2. The van der Waals surface area contributed by atoms with E-state index in [9.17, 15) is 4.79 Å². The predicted octanol–water partition coefficient (Wildman–Crippen LogP) is 5.02. The van der Waals surface area contributed by atoms with E-state index in [1.54, 1.807) is 18.0 Å². The van der Waals surface area contributed by atoms with Crippen molar-refractivity contribution in [1.29, 1.82) is 0 Å². The highest BCUT2D eigenvalue weighted by molar-refractivity contribution is 5.90. The lowest BCUT2D eigenvalue weighted by Crippen LogP contribution is -2.33. The molecule has 1 N–H and O–H groups in total. The molecule has 1 atom stereocenters. The molecular weight excluding hydrogens is 404 g/mol. The Hall–Kier alpha value is -4.00. The van der Waals surface area contributed by atoms with Crippen LogP contribution in [0.15, 0.2) is 73.1 Å². The number of anilines is 1. The van der Waals surface area contributed by atoms with E-state index in [1.165, 1.54) is 0 Å². The van der Waals surface area contributed by atoms with Gasteiger partial charge in [-0.15, -0.1) is 0 Å². The third-order valence-electron chi connectivity index (χ3n) is 5.80. The third-order valence-corrected chi connectivity index (χ3v) is 5.80. The van der Waals surface area contributed by atoms with E-state index in [0.29, 0.717) is 30.4 Å². The van der Waals surface area contributed by atoms with Gasteiger partial charge in [-0.3, -0.25) is 4.57 Å². The van der Waals surface area contributed by atoms with E-state index in [4.69, 9.17) is 9.47 Å². The molecule has 4 aromatic rings. The Morgan fingerprint density at radius 3 is 2.59 bits per heavy atom. The number of hydrogen-bond donors (Lipinski definition) is 1. The highest BCUT2D eigenvalue weighted by atomic mass is 16.6. The van der Waals surface area contributed by atoms with Crippen molar-refractivity contribution in [1.82, 2.24) is 14.5 Å². The molecule has 2 heterocycles. The first-order valence-electron chi connectivity index (χ1n) is 10.6. The summed E-state index contributed by atoms with van der Waals surface area (Å²) in [5.74, 6) is 1.34. The largest absolute Gasteiger partial charge is 0.486 e. The monoisotopic (exact) mass is 428 g/mol. The Morgan fingerprint density at radius 1 is 1.03 bits per heavy atom. The zero-order valence-corrected chi connectivity index (χ0v) is 18.0. The molecule has 2 amide bonds. The number of urea groups is 1. The van der Waals surface area contributed by atoms with Gasteiger partial charge in [-0.1, -0.05) is 24.3 Å². The highest BCUT2D eigenvalue weighted by Crippen LogP contribution is 2.33. The van der Waals surface area contributed by atoms with Crippen molar-refractivity contribution in [2.75, 3.05) is 25.6 Å². The van der Waals surface area contributed by atoms with E-state index < -0.39 is 0 Å². The smallest absolute Gasteiger partial charge is 0.322 e. The van der Waals surface area contributed by atoms with Gasteiger partial charge in [0.15, 0.2) is 11.5 Å². The highest BCUT2D eigenvalue weighted by Gasteiger charge is 2.19. The number of carbonyl (C=O) groups is 1. The summed E-state index contributed by atoms with van der Waals surface area (Å²) in [6.45, 7) is 3.05. The number of carbonyl (C=O) groups excluding carboxylic acids is 1. The van der Waals surface area contributed by atoms with Crippen molar-refractivity contribution in [2.24, 2.45) is 0 Å². The standard InChI is InChI=1S/C25H24N4O3/c1-17(28(2)25(30)27-19-9-12-23-24(15-19)32-14-13-31-23)18-7-10-20(11-8-18)29-16-26-21-5-3-4-6-22(21)29/h3-12,15-17H,13-14H2,1-2H3,(H,27,30). The molecule has 1 unspecified atom stereocenters. The summed E-state index contributed by atoms with van der Waals surface area (Å²) in [6, 6.07) is 21.3. The molecule has 1 aromatic heterocycles. The first kappa shape index (κ1) is 19.9. The zero-order chi connectivity index (χ0) is 22.1. The fraction of sp³-hybridized carbons (Fsp3) is 0.200. The van der Waals surface area contributed by atoms with Gasteiger partial charge in [0.1, 0.15) is 19.5 Å². The van der Waals surface area contributed by atoms with Crippen molar-refractivity contribution in [3.8, 4) is 17.2 Å². The van der Waals surface area contributed by atoms with E-state index >= 15 is 0 Å². The van der Waals surface area contributed by atoms with Crippen LogP contribution in [0.2, 0.25) is 0 Å². The van der Waals surface area contributed by atoms with Crippen LogP contribution in [0.4, 0.5) is 10.5 Å². The van der Waals surface area contributed by atoms with Crippen molar-refractivity contribution in [2.45, 2.75) is 13.0 Å². The second-order valence-corrected chi connectivity index (χ2v) is 7.77. The molecule has 5 rings (SSSR count). The number of imidazole rings is 1. The van der Waals surface area contributed by atoms with E-state index in [-0.39, 0.29) is 12.1 Å². The summed E-state index contributed by atoms with van der Waals surface area (Å²) >= 11 is 0. The lowest BCUT2D eigenvalue weighted by Gasteiger charge is -2.26. The number of amides is 2. The quantitative estimate of drug-likeness (QED) is 0.495. The van der Waals surface area contributed by atoms with Gasteiger partial charge >= 0.3 is 6.03 Å². The van der Waals surface area contributed by atoms with Crippen LogP contribution in [0.1, 0.15) is 18.5 Å². The maximum Gasteiger partial charge on any atom is 0.322 e. The molecule has 7 heteroatoms. The summed E-state index contributed by atoms with van der Waals surface area (Å²) in [6.07, 6.45) is 1.83. The van der Waals surface area contributed by atoms with E-state index in [2.05, 4.69) is 20.9 Å². The van der Waals surface area contributed by atoms with Crippen molar-refractivity contribution in [3.63, 3.8) is 0 Å². The van der Waals surface area contributed by atoms with Crippen LogP contribution in [-0.2, 0) is 0 Å². The van der Waals surface area contributed by atoms with Crippen LogP contribution in [0.3, 0.4) is 0 Å². The van der Waals surface area contributed by atoms with Crippen LogP contribution in [0, 0.1) is 0 Å². The van der Waals surface area contributed by atoms with Crippen molar-refractivity contribution in [3.05, 3.63) is 78.6 Å². The summed E-state index contributed by atoms with van der Waals surface area (Å²) in [7, 11) is 1.79. The molecule has 0 radical (unpaired) electrons. The molecule has 3 aromatic carbocycles. The van der Waals surface area contributed by atoms with Gasteiger partial charge in [0.05, 0.1) is 17.1 Å². The minimum absolute atomic E-state index is 0.110. The van der Waals surface area contributed by atoms with Gasteiger partial charge < -0.3 is 19.7 Å². The van der Waals surface area contributed by atoms with Crippen LogP contribution in [0.25, 0.3) is 16.7 Å². The molecule has 7 nitrogen and oxygen atoms in total. The maximum atomic E-state index is 12.8. The van der Waals surface area contributed by atoms with Crippen LogP contribution >= 0.6 is 0 Å². The lowest BCUT2D eigenvalue weighted by atomic mass is 10.1. The molecule has 0 saturated heterocycles. The molecular formula is C25H24N4O3. The van der Waals surface area contributed by atoms with Gasteiger partial charge in [0.25, 0.3) is 0 Å². The molecule has 32 heavy (non-hydrogen) atoms. The molecule has 0 bridgehead atoms. The van der Waals surface area contributed by atoms with Crippen LogP contribution in [0.5, 0.6) is 11.5 Å². The fourth-order valence-electron chi connectivity index (χ4n) is 3.81. The number of ether oxygens (including phenoxy) is 2. The second-order valence-electron chi connectivity index (χ2n) is 7.77. The summed E-state index contributed by atoms with van der Waals surface area (Å²) in [5.41, 5.74) is 4.75. The van der Waals surface area contributed by atoms with Gasteiger partial charge in [0, 0.05) is 24.5 Å². The van der Waals surface area contributed by atoms with Crippen LogP contribution < -0.4 is 14.8 Å². The van der Waals surface area contributed by atoms with Crippen LogP contribution in [-0.4, -0.2) is 40.7 Å². The number of hydrogen-bond acceptors (Lipinski definition) is 4. The Bertz CT molecular complexity index is 1270. The Labute approximate surface area is 186 Å². The Balaban J connectivity index is 1.29. The van der Waals surface area contributed by atoms with E-state index in [1.807, 2.05) is 67.8 Å². The molecule has 0 saturated carbocycles. The predicted molar refractivity (Wildman–Crippen MR) is 124 cm³/mol. The summed E-state index contributed by atoms with van der Waals surface area (Å²) < 4.78 is 13.2. The molecule has 162 valence electrons. The van der Waals surface area contributed by atoms with Crippen molar-refractivity contribution >= 4 is 22.8 Å². The average molecular weight is 428 g/mol. The second kappa shape index (κ2) is 8.26. The molecule has 1 aliphatic heterocycles. The third kappa shape index (κ3) is 3.73. The van der Waals surface area contributed by atoms with Gasteiger partial charge in [0.2, 0.25) is 0 Å². The normalized spacial score (nSPS) is 13.6. The number of rotatable bonds is 4. The minimum atomic E-state index is -0.196. The number of aromatic nitrogens is 2. The Kier molecular flexibility index (Phi) is 5.15. The molecule has 0 aliphatic carbocycles. The first-order valence-corrected chi connectivity index (χ1v) is 10.6. The van der Waals surface area contributed by atoms with Gasteiger partial charge in [-0.2, -0.15) is 0 Å². The zero-order valence-electron chi connectivity index (χ0n) is 18.0. The number of fused-ring (bicyclic) bond motifs is 2. The average Bonchev–Trinajstić information content (AvgIpc) is 3.27. The number of para-hydroxylation sites is 2. The van der Waals surface area contributed by atoms with Gasteiger partial charge in [-0.25, -0.2) is 9.78 Å². The summed E-state index contributed by atoms with van der Waals surface area (Å²) in [4.78, 5) is 19.0. The lowest BCUT2D eigenvalue weighted by molar-refractivity contribution is 0.171. The van der Waals surface area contributed by atoms with Crippen molar-refractivity contribution < 1.29 is 14.3 Å². The first-order chi connectivity index (χ1) is 15.6. The Morgan fingerprint density at radius 2 is 1.78 bits per heavy atom. The maximum absolute atomic E-state index is 12.8. The minimum Gasteiger partial charge on any atom is -0.486 e. The van der Waals surface area contributed by atoms with E-state index in [0.717, 1.165) is 22.3 Å². The topological polar surface area (TPSA) is 68.6 Å². The number of nitrogens with zero attached hydrogens (tertiary/aromatic N) is 3. The number of benzene rings is 3. The summed E-state index contributed by atoms with van der Waals surface area (Å²) in [5, 5.41) is 2.94. The molecule has 0 fully saturated rings. The molecule has 1 aliphatic rings. The number of nitrogens with one attached hydrogen (secondary N) is 1.